The molecule has 3 atom stereocenters. The van der Waals surface area contributed by atoms with Crippen molar-refractivity contribution in [3.8, 4) is 0 Å². The van der Waals surface area contributed by atoms with E-state index in [9.17, 15) is 9.59 Å². The topological polar surface area (TPSA) is 94.5 Å². The van der Waals surface area contributed by atoms with Gasteiger partial charge in [0.15, 0.2) is 0 Å². The van der Waals surface area contributed by atoms with Crippen molar-refractivity contribution in [3.05, 3.63) is 17.5 Å². The molecule has 0 aromatic carbocycles. The van der Waals surface area contributed by atoms with Crippen LogP contribution >= 0.6 is 0 Å². The number of nitrogens with zero attached hydrogens (tertiary/aromatic N) is 2. The predicted octanol–water partition coefficient (Wildman–Crippen LogP) is 1.98. The van der Waals surface area contributed by atoms with Gasteiger partial charge < -0.3 is 20.1 Å². The van der Waals surface area contributed by atoms with E-state index in [1.807, 2.05) is 41.7 Å². The van der Waals surface area contributed by atoms with Gasteiger partial charge in [0.2, 0.25) is 5.91 Å². The zero-order chi connectivity index (χ0) is 19.5. The van der Waals surface area contributed by atoms with Gasteiger partial charge in [-0.15, -0.1) is 0 Å². The molecular formula is C18H30N4O4. The molecule has 0 radical (unpaired) electrons. The van der Waals surface area contributed by atoms with Crippen LogP contribution in [0.5, 0.6) is 0 Å². The van der Waals surface area contributed by atoms with Gasteiger partial charge in [0.25, 0.3) is 0 Å². The van der Waals surface area contributed by atoms with E-state index in [1.54, 1.807) is 10.9 Å². The molecule has 1 aromatic rings. The lowest BCUT2D eigenvalue weighted by atomic mass is 10.1. The molecule has 8 nitrogen and oxygen atoms in total. The average Bonchev–Trinajstić information content (AvgIpc) is 3.11. The van der Waals surface area contributed by atoms with Gasteiger partial charge in [0.05, 0.1) is 18.3 Å². The van der Waals surface area contributed by atoms with Crippen LogP contribution in [-0.2, 0) is 21.3 Å². The number of aromatic nitrogens is 2. The second-order valence-electron chi connectivity index (χ2n) is 7.75. The Hall–Kier alpha value is -2.09. The fourth-order valence-corrected chi connectivity index (χ4v) is 2.88. The van der Waals surface area contributed by atoms with Crippen molar-refractivity contribution >= 4 is 12.0 Å². The summed E-state index contributed by atoms with van der Waals surface area (Å²) in [6.07, 6.45) is 1.95. The van der Waals surface area contributed by atoms with E-state index in [4.69, 9.17) is 9.47 Å². The largest absolute Gasteiger partial charge is 0.444 e. The second kappa shape index (κ2) is 8.07. The molecule has 1 aromatic heterocycles. The summed E-state index contributed by atoms with van der Waals surface area (Å²) < 4.78 is 12.7. The van der Waals surface area contributed by atoms with Gasteiger partial charge in [-0.25, -0.2) is 4.79 Å². The molecule has 0 aliphatic carbocycles. The molecule has 0 spiro atoms. The summed E-state index contributed by atoms with van der Waals surface area (Å²) in [5, 5.41) is 9.87. The Morgan fingerprint density at radius 2 is 2.12 bits per heavy atom. The summed E-state index contributed by atoms with van der Waals surface area (Å²) in [6.45, 7) is 9.66. The van der Waals surface area contributed by atoms with E-state index in [-0.39, 0.29) is 18.1 Å². The monoisotopic (exact) mass is 366 g/mol. The van der Waals surface area contributed by atoms with Crippen molar-refractivity contribution in [1.82, 2.24) is 20.4 Å². The highest BCUT2D eigenvalue weighted by atomic mass is 16.6. The number of carbonyl (C=O) groups is 2. The minimum atomic E-state index is -0.538. The molecule has 0 bridgehead atoms. The number of amides is 2. The number of nitrogens with one attached hydrogen (secondary N) is 2. The third kappa shape index (κ3) is 5.45. The van der Waals surface area contributed by atoms with Crippen molar-refractivity contribution < 1.29 is 19.1 Å². The van der Waals surface area contributed by atoms with Gasteiger partial charge in [-0.3, -0.25) is 9.48 Å². The average molecular weight is 366 g/mol. The SMILES string of the molecule is Cc1c(C(C)NC(=O)[C@@H]2CC[C@H](CNC(=O)OC(C)(C)C)O2)cnn1C. The third-order valence-electron chi connectivity index (χ3n) is 4.37. The molecule has 1 aliphatic rings. The molecule has 1 aliphatic heterocycles. The Balaban J connectivity index is 1.78. The van der Waals surface area contributed by atoms with Crippen LogP contribution in [0.4, 0.5) is 4.79 Å². The van der Waals surface area contributed by atoms with E-state index in [1.165, 1.54) is 0 Å². The van der Waals surface area contributed by atoms with E-state index < -0.39 is 17.8 Å². The molecule has 1 fully saturated rings. The quantitative estimate of drug-likeness (QED) is 0.831. The summed E-state index contributed by atoms with van der Waals surface area (Å²) in [5.41, 5.74) is 1.47. The van der Waals surface area contributed by atoms with E-state index in [0.717, 1.165) is 11.3 Å². The highest BCUT2D eigenvalue weighted by Gasteiger charge is 2.32. The summed E-state index contributed by atoms with van der Waals surface area (Å²) in [4.78, 5) is 24.1. The van der Waals surface area contributed by atoms with Gasteiger partial charge in [-0.2, -0.15) is 5.10 Å². The molecule has 1 saturated heterocycles. The predicted molar refractivity (Wildman–Crippen MR) is 96.6 cm³/mol. The Morgan fingerprint density at radius 1 is 1.42 bits per heavy atom. The molecule has 2 heterocycles. The number of rotatable bonds is 5. The van der Waals surface area contributed by atoms with Crippen molar-refractivity contribution in [2.24, 2.45) is 7.05 Å². The minimum absolute atomic E-state index is 0.138. The Labute approximate surface area is 154 Å². The van der Waals surface area contributed by atoms with Crippen molar-refractivity contribution in [2.75, 3.05) is 6.54 Å². The van der Waals surface area contributed by atoms with Crippen LogP contribution in [0.15, 0.2) is 6.20 Å². The number of hydrogen-bond acceptors (Lipinski definition) is 5. The van der Waals surface area contributed by atoms with Crippen molar-refractivity contribution in [1.29, 1.82) is 0 Å². The van der Waals surface area contributed by atoms with Crippen molar-refractivity contribution in [2.45, 2.75) is 71.3 Å². The molecule has 2 N–H and O–H groups in total. The Morgan fingerprint density at radius 3 is 2.69 bits per heavy atom. The summed E-state index contributed by atoms with van der Waals surface area (Å²) in [5.74, 6) is -0.138. The summed E-state index contributed by atoms with van der Waals surface area (Å²) in [7, 11) is 1.87. The zero-order valence-electron chi connectivity index (χ0n) is 16.5. The maximum absolute atomic E-state index is 12.4. The smallest absolute Gasteiger partial charge is 0.407 e. The standard InChI is InChI=1S/C18H30N4O4/c1-11(14-10-20-22(6)12(14)2)21-16(23)15-8-7-13(25-15)9-19-17(24)26-18(3,4)5/h10-11,13,15H,7-9H2,1-6H3,(H,19,24)(H,21,23)/t11?,13-,15+/m1/s1. The first kappa shape index (κ1) is 20.2. The minimum Gasteiger partial charge on any atom is -0.444 e. The molecule has 0 saturated carbocycles. The van der Waals surface area contributed by atoms with Crippen LogP contribution in [0.1, 0.15) is 57.8 Å². The van der Waals surface area contributed by atoms with Gasteiger partial charge in [-0.1, -0.05) is 0 Å². The zero-order valence-corrected chi connectivity index (χ0v) is 16.5. The fraction of sp³-hybridized carbons (Fsp3) is 0.722. The molecule has 2 amide bonds. The Bertz CT molecular complexity index is 650. The maximum atomic E-state index is 12.4. The highest BCUT2D eigenvalue weighted by molar-refractivity contribution is 5.81. The van der Waals surface area contributed by atoms with Gasteiger partial charge in [0, 0.05) is 24.8 Å². The summed E-state index contributed by atoms with van der Waals surface area (Å²) in [6, 6.07) is -0.140. The maximum Gasteiger partial charge on any atom is 0.407 e. The number of aryl methyl sites for hydroxylation is 1. The summed E-state index contributed by atoms with van der Waals surface area (Å²) >= 11 is 0. The molecule has 2 rings (SSSR count). The lowest BCUT2D eigenvalue weighted by Gasteiger charge is -2.21. The molecule has 146 valence electrons. The number of ether oxygens (including phenoxy) is 2. The molecular weight excluding hydrogens is 336 g/mol. The lowest BCUT2D eigenvalue weighted by Crippen LogP contribution is -2.39. The molecule has 1 unspecified atom stereocenters. The van der Waals surface area contributed by atoms with E-state index in [0.29, 0.717) is 19.4 Å². The second-order valence-corrected chi connectivity index (χ2v) is 7.75. The van der Waals surface area contributed by atoms with Crippen LogP contribution < -0.4 is 10.6 Å². The normalized spacial score (nSPS) is 21.3. The van der Waals surface area contributed by atoms with Gasteiger partial charge in [-0.05, 0) is 47.5 Å². The third-order valence-corrected chi connectivity index (χ3v) is 4.37. The van der Waals surface area contributed by atoms with E-state index in [2.05, 4.69) is 15.7 Å². The lowest BCUT2D eigenvalue weighted by molar-refractivity contribution is -0.132. The Kier molecular flexibility index (Phi) is 6.28. The van der Waals surface area contributed by atoms with Gasteiger partial charge >= 0.3 is 6.09 Å². The van der Waals surface area contributed by atoms with Gasteiger partial charge in [0.1, 0.15) is 11.7 Å². The first-order chi connectivity index (χ1) is 12.1. The van der Waals surface area contributed by atoms with Crippen LogP contribution in [-0.4, -0.2) is 46.1 Å². The molecule has 26 heavy (non-hydrogen) atoms. The molecule has 8 heteroatoms. The first-order valence-corrected chi connectivity index (χ1v) is 8.98. The number of alkyl carbamates (subject to hydrolysis) is 1. The van der Waals surface area contributed by atoms with Crippen molar-refractivity contribution in [3.63, 3.8) is 0 Å². The highest BCUT2D eigenvalue weighted by Crippen LogP contribution is 2.22. The fourth-order valence-electron chi connectivity index (χ4n) is 2.88. The van der Waals surface area contributed by atoms with Crippen LogP contribution in [0.2, 0.25) is 0 Å². The first-order valence-electron chi connectivity index (χ1n) is 8.98. The van der Waals surface area contributed by atoms with E-state index >= 15 is 0 Å². The van der Waals surface area contributed by atoms with Crippen LogP contribution in [0.25, 0.3) is 0 Å². The van der Waals surface area contributed by atoms with Crippen LogP contribution in [0.3, 0.4) is 0 Å². The van der Waals surface area contributed by atoms with Crippen LogP contribution in [0, 0.1) is 6.92 Å². The number of hydrogen-bond donors (Lipinski definition) is 2. The number of carbonyl (C=O) groups excluding carboxylic acids is 2.